The third-order valence-corrected chi connectivity index (χ3v) is 5.66. The van der Waals surface area contributed by atoms with E-state index in [0.29, 0.717) is 43.1 Å². The Labute approximate surface area is 148 Å². The Morgan fingerprint density at radius 1 is 1.50 bits per heavy atom. The van der Waals surface area contributed by atoms with Gasteiger partial charge >= 0.3 is 5.97 Å². The Hall–Kier alpha value is -2.68. The van der Waals surface area contributed by atoms with E-state index in [0.717, 1.165) is 0 Å². The largest absolute Gasteiger partial charge is 0.481 e. The minimum atomic E-state index is -0.945. The van der Waals surface area contributed by atoms with Gasteiger partial charge in [-0.2, -0.15) is 0 Å². The Kier molecular flexibility index (Phi) is 3.83. The third-order valence-electron chi connectivity index (χ3n) is 5.66. The van der Waals surface area contributed by atoms with Crippen LogP contribution in [0.2, 0.25) is 0 Å². The molecule has 1 amide bonds. The Bertz CT molecular complexity index is 948. The number of carbonyl (C=O) groups excluding carboxylic acids is 1. The maximum absolute atomic E-state index is 12.8. The average Bonchev–Trinajstić information content (AvgIpc) is 3.23. The van der Waals surface area contributed by atoms with Crippen LogP contribution in [-0.4, -0.2) is 62.8 Å². The van der Waals surface area contributed by atoms with E-state index in [1.54, 1.807) is 24.1 Å². The minimum Gasteiger partial charge on any atom is -0.481 e. The number of nitrogens with one attached hydrogen (secondary N) is 1. The van der Waals surface area contributed by atoms with Gasteiger partial charge in [0.1, 0.15) is 0 Å². The van der Waals surface area contributed by atoms with Crippen molar-refractivity contribution in [2.45, 2.75) is 19.8 Å². The van der Waals surface area contributed by atoms with Gasteiger partial charge in [0, 0.05) is 49.1 Å². The smallest absolute Gasteiger partial charge is 0.311 e. The molecule has 4 heterocycles. The molecule has 0 bridgehead atoms. The summed E-state index contributed by atoms with van der Waals surface area (Å²) in [7, 11) is 0. The molecule has 0 aromatic carbocycles. The normalized spacial score (nSPS) is 25.4. The number of amides is 1. The summed E-state index contributed by atoms with van der Waals surface area (Å²) in [4.78, 5) is 43.1. The number of aromatic nitrogens is 3. The average molecular weight is 360 g/mol. The van der Waals surface area contributed by atoms with Crippen LogP contribution in [0.3, 0.4) is 0 Å². The van der Waals surface area contributed by atoms with Crippen molar-refractivity contribution in [3.8, 4) is 0 Å². The Morgan fingerprint density at radius 2 is 2.31 bits per heavy atom. The highest BCUT2D eigenvalue weighted by molar-refractivity contribution is 5.82. The van der Waals surface area contributed by atoms with Gasteiger partial charge in [-0.25, -0.2) is 9.50 Å². The number of likely N-dealkylation sites (tertiary alicyclic amines) is 1. The number of aliphatic carboxylic acids is 1. The number of rotatable bonds is 3. The summed E-state index contributed by atoms with van der Waals surface area (Å²) in [5.74, 6) is -1.36. The number of hydrogen-bond donors (Lipinski definition) is 2. The predicted molar refractivity (Wildman–Crippen MR) is 89.8 cm³/mol. The number of carboxylic acids is 1. The summed E-state index contributed by atoms with van der Waals surface area (Å²) < 4.78 is 6.71. The number of aromatic amines is 1. The Morgan fingerprint density at radius 3 is 3.04 bits per heavy atom. The van der Waals surface area contributed by atoms with Gasteiger partial charge in [-0.15, -0.1) is 0 Å². The van der Waals surface area contributed by atoms with E-state index >= 15 is 0 Å². The van der Waals surface area contributed by atoms with Crippen LogP contribution in [-0.2, 0) is 20.7 Å². The zero-order chi connectivity index (χ0) is 18.5. The van der Waals surface area contributed by atoms with Crippen LogP contribution in [0, 0.1) is 18.3 Å². The van der Waals surface area contributed by atoms with Gasteiger partial charge in [0.05, 0.1) is 18.4 Å². The molecule has 2 aromatic heterocycles. The molecule has 0 aliphatic carbocycles. The van der Waals surface area contributed by atoms with Gasteiger partial charge in [0.25, 0.3) is 5.56 Å². The van der Waals surface area contributed by atoms with E-state index in [4.69, 9.17) is 4.74 Å². The molecule has 0 spiro atoms. The van der Waals surface area contributed by atoms with Gasteiger partial charge in [-0.3, -0.25) is 19.5 Å². The topological polar surface area (TPSA) is 117 Å². The second kappa shape index (κ2) is 5.94. The first kappa shape index (κ1) is 16.8. The van der Waals surface area contributed by atoms with E-state index in [1.807, 2.05) is 0 Å². The molecule has 2 aliphatic rings. The van der Waals surface area contributed by atoms with Crippen LogP contribution in [0.5, 0.6) is 0 Å². The van der Waals surface area contributed by atoms with Crippen molar-refractivity contribution < 1.29 is 19.4 Å². The second-order valence-corrected chi connectivity index (χ2v) is 7.07. The molecule has 2 aromatic rings. The molecule has 2 saturated heterocycles. The van der Waals surface area contributed by atoms with Crippen molar-refractivity contribution in [3.63, 3.8) is 0 Å². The quantitative estimate of drug-likeness (QED) is 0.784. The highest BCUT2D eigenvalue weighted by Crippen LogP contribution is 2.42. The molecule has 0 unspecified atom stereocenters. The SMILES string of the molecule is Cc1nc2cc[nH]n2c(=O)c1CC(=O)N1C[C@H]2COCC[C@@]2(C(=O)O)C1. The third kappa shape index (κ3) is 2.42. The first-order chi connectivity index (χ1) is 12.4. The van der Waals surface area contributed by atoms with Gasteiger partial charge in [-0.1, -0.05) is 0 Å². The fourth-order valence-electron chi connectivity index (χ4n) is 4.06. The van der Waals surface area contributed by atoms with Crippen molar-refractivity contribution in [3.05, 3.63) is 33.9 Å². The summed E-state index contributed by atoms with van der Waals surface area (Å²) in [6.07, 6.45) is 1.91. The number of aryl methyl sites for hydroxylation is 1. The highest BCUT2D eigenvalue weighted by Gasteiger charge is 2.54. The summed E-state index contributed by atoms with van der Waals surface area (Å²) in [6.45, 7) is 2.93. The maximum atomic E-state index is 12.8. The number of nitrogens with zero attached hydrogens (tertiary/aromatic N) is 3. The lowest BCUT2D eigenvalue weighted by Crippen LogP contribution is -2.45. The predicted octanol–water partition coefficient (Wildman–Crippen LogP) is -0.177. The number of ether oxygens (including phenoxy) is 1. The number of carbonyl (C=O) groups is 2. The number of fused-ring (bicyclic) bond motifs is 2. The zero-order valence-electron chi connectivity index (χ0n) is 14.4. The molecule has 138 valence electrons. The monoisotopic (exact) mass is 360 g/mol. The molecule has 9 nitrogen and oxygen atoms in total. The van der Waals surface area contributed by atoms with Crippen LogP contribution < -0.4 is 5.56 Å². The van der Waals surface area contributed by atoms with Crippen molar-refractivity contribution in [1.29, 1.82) is 0 Å². The van der Waals surface area contributed by atoms with Gasteiger partial charge < -0.3 is 14.7 Å². The van der Waals surface area contributed by atoms with E-state index in [2.05, 4.69) is 10.1 Å². The van der Waals surface area contributed by atoms with Gasteiger partial charge in [0.15, 0.2) is 5.65 Å². The molecule has 4 rings (SSSR count). The van der Waals surface area contributed by atoms with Crippen LogP contribution in [0.4, 0.5) is 0 Å². The lowest BCUT2D eigenvalue weighted by molar-refractivity contribution is -0.157. The summed E-state index contributed by atoms with van der Waals surface area (Å²) in [5.41, 5.74) is 0.0811. The fraction of sp³-hybridized carbons (Fsp3) is 0.529. The first-order valence-electron chi connectivity index (χ1n) is 8.57. The standard InChI is InChI=1S/C17H20N4O5/c1-10-12(15(23)21-13(19-10)2-4-18-21)6-14(22)20-7-11-8-26-5-3-17(11,9-20)16(24)25/h2,4,11,18H,3,5-9H2,1H3,(H,24,25)/t11-,17+/m0/s1. The highest BCUT2D eigenvalue weighted by atomic mass is 16.5. The van der Waals surface area contributed by atoms with E-state index in [-0.39, 0.29) is 30.3 Å². The lowest BCUT2D eigenvalue weighted by atomic mass is 9.74. The second-order valence-electron chi connectivity index (χ2n) is 7.07. The van der Waals surface area contributed by atoms with Crippen molar-refractivity contribution in [1.82, 2.24) is 19.5 Å². The molecule has 2 aliphatic heterocycles. The zero-order valence-corrected chi connectivity index (χ0v) is 14.4. The van der Waals surface area contributed by atoms with E-state index < -0.39 is 11.4 Å². The van der Waals surface area contributed by atoms with Crippen LogP contribution in [0.25, 0.3) is 5.65 Å². The van der Waals surface area contributed by atoms with Crippen molar-refractivity contribution in [2.24, 2.45) is 11.3 Å². The molecule has 0 radical (unpaired) electrons. The van der Waals surface area contributed by atoms with E-state index in [1.165, 1.54) is 4.52 Å². The fourth-order valence-corrected chi connectivity index (χ4v) is 4.06. The van der Waals surface area contributed by atoms with Crippen LogP contribution in [0.15, 0.2) is 17.1 Å². The molecule has 9 heteroatoms. The van der Waals surface area contributed by atoms with E-state index in [9.17, 15) is 19.5 Å². The molecule has 0 saturated carbocycles. The summed E-state index contributed by atoms with van der Waals surface area (Å²) >= 11 is 0. The van der Waals surface area contributed by atoms with Gasteiger partial charge in [0.2, 0.25) is 5.91 Å². The maximum Gasteiger partial charge on any atom is 0.311 e. The lowest BCUT2D eigenvalue weighted by Gasteiger charge is -2.33. The molecule has 26 heavy (non-hydrogen) atoms. The number of carboxylic acid groups (broad SMARTS) is 1. The molecule has 2 fully saturated rings. The summed E-state index contributed by atoms with van der Waals surface area (Å²) in [5, 5.41) is 12.5. The molecule has 2 N–H and O–H groups in total. The molecule has 2 atom stereocenters. The van der Waals surface area contributed by atoms with Crippen LogP contribution >= 0.6 is 0 Å². The molecular formula is C17H20N4O5. The van der Waals surface area contributed by atoms with Gasteiger partial charge in [-0.05, 0) is 13.3 Å². The number of H-pyrrole nitrogens is 1. The first-order valence-corrected chi connectivity index (χ1v) is 8.57. The van der Waals surface area contributed by atoms with Crippen LogP contribution in [0.1, 0.15) is 17.7 Å². The Balaban J connectivity index is 1.60. The van der Waals surface area contributed by atoms with Crippen molar-refractivity contribution >= 4 is 17.5 Å². The summed E-state index contributed by atoms with van der Waals surface area (Å²) in [6, 6.07) is 1.68. The van der Waals surface area contributed by atoms with Crippen molar-refractivity contribution in [2.75, 3.05) is 26.3 Å². The molecular weight excluding hydrogens is 340 g/mol. The minimum absolute atomic E-state index is 0.0943. The number of hydrogen-bond acceptors (Lipinski definition) is 5.